The van der Waals surface area contributed by atoms with Gasteiger partial charge in [0, 0.05) is 32.7 Å². The van der Waals surface area contributed by atoms with Crippen LogP contribution in [0.25, 0.3) is 6.08 Å². The van der Waals surface area contributed by atoms with Gasteiger partial charge in [0.15, 0.2) is 0 Å². The van der Waals surface area contributed by atoms with E-state index in [1.807, 2.05) is 23.1 Å². The zero-order chi connectivity index (χ0) is 24.2. The molecule has 1 saturated heterocycles. The topological polar surface area (TPSA) is 44.8 Å². The number of nitrogens with zero attached hydrogens (tertiary/aromatic N) is 2. The summed E-state index contributed by atoms with van der Waals surface area (Å²) < 4.78 is 5.47. The minimum absolute atomic E-state index is 0.174. The van der Waals surface area contributed by atoms with E-state index in [2.05, 4.69) is 35.3 Å². The second-order valence-corrected chi connectivity index (χ2v) is 9.36. The van der Waals surface area contributed by atoms with Crippen molar-refractivity contribution in [3.63, 3.8) is 0 Å². The Morgan fingerprint density at radius 1 is 1.09 bits per heavy atom. The maximum atomic E-state index is 13.4. The van der Waals surface area contributed by atoms with Crippen molar-refractivity contribution < 1.29 is 9.53 Å². The van der Waals surface area contributed by atoms with Gasteiger partial charge >= 0.3 is 6.03 Å². The molecule has 184 valence electrons. The quantitative estimate of drug-likeness (QED) is 0.342. The Bertz CT molecular complexity index is 931. The lowest BCUT2D eigenvalue weighted by Gasteiger charge is -2.31. The molecule has 1 fully saturated rings. The highest BCUT2D eigenvalue weighted by atomic mass is 35.5. The van der Waals surface area contributed by atoms with Crippen molar-refractivity contribution in [3.05, 3.63) is 69.7 Å². The third-order valence-electron chi connectivity index (χ3n) is 5.94. The number of anilines is 1. The van der Waals surface area contributed by atoms with Crippen LogP contribution in [0.4, 0.5) is 10.5 Å². The predicted molar refractivity (Wildman–Crippen MR) is 143 cm³/mol. The third kappa shape index (κ3) is 8.62. The van der Waals surface area contributed by atoms with Crippen LogP contribution in [0, 0.1) is 0 Å². The summed E-state index contributed by atoms with van der Waals surface area (Å²) in [5.41, 5.74) is 2.92. The fourth-order valence-electron chi connectivity index (χ4n) is 3.96. The molecule has 0 atom stereocenters. The molecule has 7 heteroatoms. The number of halogens is 2. The van der Waals surface area contributed by atoms with E-state index in [-0.39, 0.29) is 6.03 Å². The highest BCUT2D eigenvalue weighted by molar-refractivity contribution is 6.43. The number of amides is 2. The molecule has 0 aliphatic carbocycles. The molecule has 1 N–H and O–H groups in total. The average Bonchev–Trinajstić information content (AvgIpc) is 2.85. The summed E-state index contributed by atoms with van der Waals surface area (Å²) in [5.74, 6) is 0. The van der Waals surface area contributed by atoms with Gasteiger partial charge < -0.3 is 15.0 Å². The van der Waals surface area contributed by atoms with Crippen molar-refractivity contribution in [2.75, 3.05) is 51.3 Å². The lowest BCUT2D eigenvalue weighted by Crippen LogP contribution is -2.44. The summed E-state index contributed by atoms with van der Waals surface area (Å²) in [7, 11) is 0. The zero-order valence-electron chi connectivity index (χ0n) is 19.9. The van der Waals surface area contributed by atoms with Gasteiger partial charge in [0.25, 0.3) is 0 Å². The highest BCUT2D eigenvalue weighted by Crippen LogP contribution is 2.29. The van der Waals surface area contributed by atoms with Crippen LogP contribution in [0.1, 0.15) is 38.2 Å². The molecule has 2 amide bonds. The summed E-state index contributed by atoms with van der Waals surface area (Å²) in [6, 6.07) is 15.4. The first kappa shape index (κ1) is 26.6. The number of benzene rings is 2. The Kier molecular flexibility index (Phi) is 11.2. The number of carbonyl (C=O) groups excluding carboxylic acids is 1. The van der Waals surface area contributed by atoms with Gasteiger partial charge in [0.1, 0.15) is 0 Å². The number of carbonyl (C=O) groups is 1. The van der Waals surface area contributed by atoms with E-state index in [1.165, 1.54) is 12.0 Å². The van der Waals surface area contributed by atoms with Crippen LogP contribution in [-0.2, 0) is 4.74 Å². The van der Waals surface area contributed by atoms with Gasteiger partial charge in [-0.1, -0.05) is 91.0 Å². The van der Waals surface area contributed by atoms with E-state index in [1.54, 1.807) is 18.2 Å². The van der Waals surface area contributed by atoms with E-state index < -0.39 is 0 Å². The molecule has 0 unspecified atom stereocenters. The van der Waals surface area contributed by atoms with Crippen molar-refractivity contribution in [2.45, 2.75) is 32.6 Å². The molecular weight excluding hydrogens is 469 g/mol. The Morgan fingerprint density at radius 3 is 2.59 bits per heavy atom. The molecule has 3 rings (SSSR count). The minimum Gasteiger partial charge on any atom is -0.379 e. The first-order chi connectivity index (χ1) is 16.6. The molecule has 2 aromatic carbocycles. The lowest BCUT2D eigenvalue weighted by atomic mass is 10.0. The van der Waals surface area contributed by atoms with E-state index in [0.717, 1.165) is 57.7 Å². The highest BCUT2D eigenvalue weighted by Gasteiger charge is 2.19. The standard InChI is InChI=1S/C27H35Cl2N3O2/c1-2-3-5-11-23(20-22-9-6-4-7-10-22)21-32(15-14-31-16-18-34-19-17-31)27(33)30-25-13-8-12-24(28)26(25)29/h4,6-10,12-13,20H,2-3,5,11,14-19,21H2,1H3,(H,30,33). The number of nitrogens with one attached hydrogen (secondary N) is 1. The first-order valence-electron chi connectivity index (χ1n) is 12.1. The largest absolute Gasteiger partial charge is 0.379 e. The molecule has 0 spiro atoms. The Hall–Kier alpha value is -2.05. The van der Waals surface area contributed by atoms with E-state index >= 15 is 0 Å². The third-order valence-corrected chi connectivity index (χ3v) is 6.75. The summed E-state index contributed by atoms with van der Waals surface area (Å²) >= 11 is 12.5. The van der Waals surface area contributed by atoms with Crippen LogP contribution in [0.15, 0.2) is 54.1 Å². The van der Waals surface area contributed by atoms with Crippen molar-refractivity contribution in [1.82, 2.24) is 9.80 Å². The molecular formula is C27H35Cl2N3O2. The van der Waals surface area contributed by atoms with Crippen LogP contribution in [0.5, 0.6) is 0 Å². The van der Waals surface area contributed by atoms with E-state index in [4.69, 9.17) is 27.9 Å². The van der Waals surface area contributed by atoms with Gasteiger partial charge in [-0.05, 0) is 30.5 Å². The molecule has 5 nitrogen and oxygen atoms in total. The van der Waals surface area contributed by atoms with Crippen LogP contribution >= 0.6 is 23.2 Å². The number of morpholine rings is 1. The van der Waals surface area contributed by atoms with Crippen LogP contribution in [0.2, 0.25) is 10.0 Å². The zero-order valence-corrected chi connectivity index (χ0v) is 21.5. The Balaban J connectivity index is 1.78. The SMILES string of the molecule is CCCCCC(=Cc1ccccc1)CN(CCN1CCOCC1)C(=O)Nc1cccc(Cl)c1Cl. The molecule has 1 aliphatic rings. The number of rotatable bonds is 11. The van der Waals surface area contributed by atoms with Gasteiger partial charge in [0.2, 0.25) is 0 Å². The Morgan fingerprint density at radius 2 is 1.85 bits per heavy atom. The monoisotopic (exact) mass is 503 g/mol. The van der Waals surface area contributed by atoms with Crippen molar-refractivity contribution in [3.8, 4) is 0 Å². The van der Waals surface area contributed by atoms with Gasteiger partial charge in [0.05, 0.1) is 28.9 Å². The van der Waals surface area contributed by atoms with Crippen molar-refractivity contribution in [1.29, 1.82) is 0 Å². The molecule has 1 aliphatic heterocycles. The van der Waals surface area contributed by atoms with E-state index in [9.17, 15) is 4.79 Å². The normalized spacial score (nSPS) is 14.7. The number of urea groups is 1. The summed E-state index contributed by atoms with van der Waals surface area (Å²) in [5, 5.41) is 3.75. The van der Waals surface area contributed by atoms with Crippen LogP contribution in [0.3, 0.4) is 0 Å². The molecule has 34 heavy (non-hydrogen) atoms. The number of unbranched alkanes of at least 4 members (excludes halogenated alkanes) is 2. The first-order valence-corrected chi connectivity index (χ1v) is 12.9. The lowest BCUT2D eigenvalue weighted by molar-refractivity contribution is 0.0354. The molecule has 0 saturated carbocycles. The van der Waals surface area contributed by atoms with Crippen molar-refractivity contribution >= 4 is 41.0 Å². The smallest absolute Gasteiger partial charge is 0.322 e. The summed E-state index contributed by atoms with van der Waals surface area (Å²) in [6.45, 7) is 7.43. The van der Waals surface area contributed by atoms with Crippen LogP contribution < -0.4 is 5.32 Å². The minimum atomic E-state index is -0.174. The van der Waals surface area contributed by atoms with E-state index in [0.29, 0.717) is 28.8 Å². The van der Waals surface area contributed by atoms with Gasteiger partial charge in [-0.2, -0.15) is 0 Å². The molecule has 0 bridgehead atoms. The van der Waals surface area contributed by atoms with Crippen LogP contribution in [-0.4, -0.2) is 61.8 Å². The average molecular weight is 505 g/mol. The molecule has 0 aromatic heterocycles. The number of hydrogen-bond donors (Lipinski definition) is 1. The van der Waals surface area contributed by atoms with Crippen molar-refractivity contribution in [2.24, 2.45) is 0 Å². The maximum absolute atomic E-state index is 13.4. The molecule has 2 aromatic rings. The second-order valence-electron chi connectivity index (χ2n) is 8.58. The predicted octanol–water partition coefficient (Wildman–Crippen LogP) is 6.82. The number of hydrogen-bond acceptors (Lipinski definition) is 3. The van der Waals surface area contributed by atoms with Gasteiger partial charge in [-0.25, -0.2) is 4.79 Å². The number of ether oxygens (including phenoxy) is 1. The summed E-state index contributed by atoms with van der Waals surface area (Å²) in [4.78, 5) is 17.6. The van der Waals surface area contributed by atoms with Gasteiger partial charge in [-0.15, -0.1) is 0 Å². The maximum Gasteiger partial charge on any atom is 0.322 e. The second kappa shape index (κ2) is 14.4. The molecule has 1 heterocycles. The fourth-order valence-corrected chi connectivity index (χ4v) is 4.31. The molecule has 0 radical (unpaired) electrons. The fraction of sp³-hybridized carbons (Fsp3) is 0.444. The summed E-state index contributed by atoms with van der Waals surface area (Å²) in [6.07, 6.45) is 6.62. The Labute approximate surface area is 213 Å². The van der Waals surface area contributed by atoms with Gasteiger partial charge in [-0.3, -0.25) is 4.90 Å².